The van der Waals surface area contributed by atoms with Crippen molar-refractivity contribution in [3.8, 4) is 11.3 Å². The van der Waals surface area contributed by atoms with Crippen LogP contribution in [0.25, 0.3) is 22.2 Å². The fourth-order valence-corrected chi connectivity index (χ4v) is 7.85. The summed E-state index contributed by atoms with van der Waals surface area (Å²) in [5.41, 5.74) is 1.00. The first kappa shape index (κ1) is 33.4. The van der Waals surface area contributed by atoms with Crippen LogP contribution in [0.2, 0.25) is 5.02 Å². The van der Waals surface area contributed by atoms with Crippen molar-refractivity contribution in [1.29, 1.82) is 0 Å². The normalized spacial score (nSPS) is 16.8. The summed E-state index contributed by atoms with van der Waals surface area (Å²) in [6.07, 6.45) is 5.51. The van der Waals surface area contributed by atoms with E-state index < -0.39 is 21.7 Å². The van der Waals surface area contributed by atoms with Gasteiger partial charge in [0.05, 0.1) is 27.3 Å². The van der Waals surface area contributed by atoms with Crippen LogP contribution in [0.3, 0.4) is 0 Å². The average molecular weight is 708 g/mol. The van der Waals surface area contributed by atoms with Gasteiger partial charge in [-0.1, -0.05) is 48.0 Å². The van der Waals surface area contributed by atoms with Crippen LogP contribution in [0.5, 0.6) is 0 Å². The first-order valence-electron chi connectivity index (χ1n) is 15.3. The molecular formula is C33H34ClN7O5S2. The molecule has 0 aliphatic heterocycles. The van der Waals surface area contributed by atoms with E-state index in [1.807, 2.05) is 12.1 Å². The monoisotopic (exact) mass is 707 g/mol. The summed E-state index contributed by atoms with van der Waals surface area (Å²) in [6, 6.07) is 15.3. The fraction of sp³-hybridized carbons (Fsp3) is 0.303. The molecule has 12 nitrogen and oxygen atoms in total. The molecule has 1 saturated carbocycles. The number of anilines is 2. The standard InChI is InChI=1S/C33H34ClN7O5S2/c1-33(2,3)46-32(43)40-31-38-26(19-47-31)29(42)36-20-10-9-11-21(16-20)37-30-35-17-25(34)28(39-30)24-18-41(27-15-8-7-14-23(24)27)48(44,45)22-12-5-4-6-13-22/h4-8,12-15,17-21H,9-11,16H2,1-3H3,(H,36,42)(H,35,37,39)(H,38,40,43)/t20-,21+/m0/s1. The number of amides is 2. The first-order valence-corrected chi connectivity index (χ1v) is 18.0. The van der Waals surface area contributed by atoms with Crippen molar-refractivity contribution in [3.05, 3.63) is 83.1 Å². The minimum Gasteiger partial charge on any atom is -0.444 e. The Bertz CT molecular complexity index is 2080. The maximum Gasteiger partial charge on any atom is 0.413 e. The second-order valence-corrected chi connectivity index (χ2v) is 15.5. The van der Waals surface area contributed by atoms with Gasteiger partial charge in [0.15, 0.2) is 5.13 Å². The molecule has 0 radical (unpaired) electrons. The van der Waals surface area contributed by atoms with Crippen LogP contribution < -0.4 is 16.0 Å². The number of hydrogen-bond acceptors (Lipinski definition) is 10. The van der Waals surface area contributed by atoms with Gasteiger partial charge in [-0.05, 0) is 64.7 Å². The average Bonchev–Trinajstić information content (AvgIpc) is 3.67. The van der Waals surface area contributed by atoms with E-state index in [0.717, 1.165) is 30.6 Å². The molecular weight excluding hydrogens is 674 g/mol. The Labute approximate surface area is 287 Å². The molecule has 15 heteroatoms. The van der Waals surface area contributed by atoms with E-state index in [2.05, 4.69) is 25.9 Å². The molecule has 3 aromatic heterocycles. The number of ether oxygens (including phenoxy) is 1. The number of fused-ring (bicyclic) bond motifs is 1. The number of nitrogens with one attached hydrogen (secondary N) is 3. The highest BCUT2D eigenvalue weighted by molar-refractivity contribution is 7.90. The molecule has 0 saturated heterocycles. The van der Waals surface area contributed by atoms with Gasteiger partial charge >= 0.3 is 6.09 Å². The summed E-state index contributed by atoms with van der Waals surface area (Å²) in [4.78, 5) is 38.6. The molecule has 0 unspecified atom stereocenters. The van der Waals surface area contributed by atoms with Crippen molar-refractivity contribution < 1.29 is 22.7 Å². The molecule has 0 spiro atoms. The molecule has 48 heavy (non-hydrogen) atoms. The van der Waals surface area contributed by atoms with E-state index in [1.165, 1.54) is 10.2 Å². The van der Waals surface area contributed by atoms with E-state index in [0.29, 0.717) is 34.5 Å². The Morgan fingerprint density at radius 1 is 1.02 bits per heavy atom. The molecule has 6 rings (SSSR count). The highest BCUT2D eigenvalue weighted by Gasteiger charge is 2.27. The van der Waals surface area contributed by atoms with Crippen molar-refractivity contribution in [2.75, 3.05) is 10.6 Å². The number of benzene rings is 2. The lowest BCUT2D eigenvalue weighted by atomic mass is 9.91. The number of thiazole rings is 1. The number of rotatable bonds is 8. The van der Waals surface area contributed by atoms with E-state index in [-0.39, 0.29) is 38.7 Å². The van der Waals surface area contributed by atoms with Crippen LogP contribution in [0.1, 0.15) is 56.9 Å². The van der Waals surface area contributed by atoms with Gasteiger partial charge in [-0.25, -0.2) is 32.1 Å². The highest BCUT2D eigenvalue weighted by Crippen LogP contribution is 2.36. The summed E-state index contributed by atoms with van der Waals surface area (Å²) in [5.74, 6) is 0.00694. The van der Waals surface area contributed by atoms with Crippen LogP contribution in [-0.4, -0.2) is 57.0 Å². The zero-order valence-corrected chi connectivity index (χ0v) is 28.8. The van der Waals surface area contributed by atoms with E-state index in [1.54, 1.807) is 74.8 Å². The van der Waals surface area contributed by atoms with Gasteiger partial charge in [0.1, 0.15) is 11.3 Å². The number of aromatic nitrogens is 4. The minimum atomic E-state index is -3.89. The van der Waals surface area contributed by atoms with Gasteiger partial charge in [-0.2, -0.15) is 0 Å². The largest absolute Gasteiger partial charge is 0.444 e. The second kappa shape index (κ2) is 13.5. The third-order valence-corrected chi connectivity index (χ3v) is 10.4. The van der Waals surface area contributed by atoms with Crippen molar-refractivity contribution in [3.63, 3.8) is 0 Å². The molecule has 1 fully saturated rings. The van der Waals surface area contributed by atoms with Crippen molar-refractivity contribution in [1.82, 2.24) is 24.2 Å². The maximum absolute atomic E-state index is 13.6. The highest BCUT2D eigenvalue weighted by atomic mass is 35.5. The lowest BCUT2D eigenvalue weighted by Gasteiger charge is -2.30. The van der Waals surface area contributed by atoms with Gasteiger partial charge in [0, 0.05) is 34.6 Å². The minimum absolute atomic E-state index is 0.0438. The van der Waals surface area contributed by atoms with Gasteiger partial charge in [0.25, 0.3) is 15.9 Å². The summed E-state index contributed by atoms with van der Waals surface area (Å²) in [7, 11) is -3.89. The second-order valence-electron chi connectivity index (χ2n) is 12.4. The van der Waals surface area contributed by atoms with Gasteiger partial charge in [-0.3, -0.25) is 10.1 Å². The quantitative estimate of drug-likeness (QED) is 0.155. The summed E-state index contributed by atoms with van der Waals surface area (Å²) < 4.78 is 33.8. The van der Waals surface area contributed by atoms with Gasteiger partial charge in [0.2, 0.25) is 5.95 Å². The number of halogens is 1. The van der Waals surface area contributed by atoms with Crippen molar-refractivity contribution in [2.45, 2.75) is 69.0 Å². The smallest absolute Gasteiger partial charge is 0.413 e. The molecule has 2 atom stereocenters. The maximum atomic E-state index is 13.6. The number of nitrogens with zero attached hydrogens (tertiary/aromatic N) is 4. The zero-order chi connectivity index (χ0) is 34.1. The Morgan fingerprint density at radius 2 is 1.75 bits per heavy atom. The molecule has 3 heterocycles. The zero-order valence-electron chi connectivity index (χ0n) is 26.4. The third kappa shape index (κ3) is 7.45. The van der Waals surface area contributed by atoms with E-state index >= 15 is 0 Å². The van der Waals surface area contributed by atoms with Crippen LogP contribution in [0.15, 0.2) is 77.3 Å². The molecule has 2 aromatic carbocycles. The summed E-state index contributed by atoms with van der Waals surface area (Å²) in [5, 5.41) is 11.8. The molecule has 5 aromatic rings. The molecule has 1 aliphatic rings. The molecule has 250 valence electrons. The molecule has 0 bridgehead atoms. The van der Waals surface area contributed by atoms with E-state index in [9.17, 15) is 18.0 Å². The lowest BCUT2D eigenvalue weighted by Crippen LogP contribution is -2.42. The Balaban J connectivity index is 1.16. The predicted octanol–water partition coefficient (Wildman–Crippen LogP) is 6.95. The molecule has 2 amide bonds. The van der Waals surface area contributed by atoms with Gasteiger partial charge < -0.3 is 15.4 Å². The van der Waals surface area contributed by atoms with Crippen LogP contribution in [-0.2, 0) is 14.8 Å². The Hall–Kier alpha value is -4.53. The third-order valence-electron chi connectivity index (χ3n) is 7.66. The van der Waals surface area contributed by atoms with Crippen molar-refractivity contribution in [2.24, 2.45) is 0 Å². The number of carbonyl (C=O) groups excluding carboxylic acids is 2. The SMILES string of the molecule is CC(C)(C)OC(=O)Nc1nc(C(=O)N[C@H]2CCC[C@@H](Nc3ncc(Cl)c(-c4cn(S(=O)(=O)c5ccccc5)c5ccccc45)n3)C2)cs1. The van der Waals surface area contributed by atoms with Gasteiger partial charge in [-0.15, -0.1) is 11.3 Å². The van der Waals surface area contributed by atoms with Crippen LogP contribution in [0, 0.1) is 0 Å². The predicted molar refractivity (Wildman–Crippen MR) is 186 cm³/mol. The number of para-hydroxylation sites is 1. The van der Waals surface area contributed by atoms with Crippen molar-refractivity contribution >= 4 is 66.9 Å². The Kier molecular flexibility index (Phi) is 9.41. The van der Waals surface area contributed by atoms with Crippen LogP contribution >= 0.6 is 22.9 Å². The van der Waals surface area contributed by atoms with Crippen LogP contribution in [0.4, 0.5) is 15.9 Å². The Morgan fingerprint density at radius 3 is 2.52 bits per heavy atom. The fourth-order valence-electron chi connectivity index (χ4n) is 5.59. The molecule has 1 aliphatic carbocycles. The van der Waals surface area contributed by atoms with E-state index in [4.69, 9.17) is 21.3 Å². The lowest BCUT2D eigenvalue weighted by molar-refractivity contribution is 0.0635. The number of carbonyl (C=O) groups is 2. The summed E-state index contributed by atoms with van der Waals surface area (Å²) >= 11 is 7.76. The summed E-state index contributed by atoms with van der Waals surface area (Å²) in [6.45, 7) is 5.29. The topological polar surface area (TPSA) is 157 Å². The number of hydrogen-bond donors (Lipinski definition) is 3. The molecule has 3 N–H and O–H groups in total. The first-order chi connectivity index (χ1) is 22.9.